The number of nitrogens with one attached hydrogen (secondary N) is 1. The number of anilines is 3. The van der Waals surface area contributed by atoms with Gasteiger partial charge in [-0.2, -0.15) is 0 Å². The second-order valence-corrected chi connectivity index (χ2v) is 10.8. The standard InChI is InChI=1S/C28H36N2O6/c1-17(9-10-23-28(5,36-23)12-14-35-27(2,3)4)11-13-30-20-15-18(31)16-22(33)25(20)29-24-19(26(30)34)7-6-8-21(24)32/h6-8,11,15-16,23,29,31-33H,9-10,12-14H2,1-5H3/b17-11+. The van der Waals surface area contributed by atoms with Crippen LogP contribution >= 0.6 is 0 Å². The molecule has 0 saturated carbocycles. The lowest BCUT2D eigenvalue weighted by Gasteiger charge is -2.22. The number of ether oxygens (including phenoxy) is 2. The Kier molecular flexibility index (Phi) is 6.94. The number of benzene rings is 2. The van der Waals surface area contributed by atoms with E-state index in [1.165, 1.54) is 23.1 Å². The van der Waals surface area contributed by atoms with Crippen LogP contribution in [0.4, 0.5) is 17.1 Å². The van der Waals surface area contributed by atoms with E-state index < -0.39 is 0 Å². The first-order chi connectivity index (χ1) is 16.9. The van der Waals surface area contributed by atoms with Crippen LogP contribution in [-0.2, 0) is 9.47 Å². The average Bonchev–Trinajstić information content (AvgIpc) is 3.45. The number of phenols is 3. The Bertz CT molecular complexity index is 1190. The van der Waals surface area contributed by atoms with Gasteiger partial charge in [0.25, 0.3) is 5.91 Å². The Morgan fingerprint density at radius 1 is 1.19 bits per heavy atom. The van der Waals surface area contributed by atoms with Crippen LogP contribution in [0.25, 0.3) is 0 Å². The van der Waals surface area contributed by atoms with Crippen LogP contribution in [0.2, 0.25) is 0 Å². The molecule has 0 radical (unpaired) electrons. The molecule has 2 unspecified atom stereocenters. The van der Waals surface area contributed by atoms with Gasteiger partial charge < -0.3 is 35.0 Å². The molecule has 0 aliphatic carbocycles. The van der Waals surface area contributed by atoms with Crippen LogP contribution in [0.3, 0.4) is 0 Å². The van der Waals surface area contributed by atoms with Crippen LogP contribution < -0.4 is 10.2 Å². The van der Waals surface area contributed by atoms with Gasteiger partial charge in [0.15, 0.2) is 0 Å². The molecule has 2 aromatic rings. The van der Waals surface area contributed by atoms with Crippen molar-refractivity contribution in [1.29, 1.82) is 0 Å². The van der Waals surface area contributed by atoms with Gasteiger partial charge in [-0.25, -0.2) is 0 Å². The van der Waals surface area contributed by atoms with Crippen LogP contribution in [0.5, 0.6) is 17.2 Å². The predicted molar refractivity (Wildman–Crippen MR) is 139 cm³/mol. The third-order valence-corrected chi connectivity index (χ3v) is 6.73. The van der Waals surface area contributed by atoms with Crippen LogP contribution in [0.15, 0.2) is 42.0 Å². The van der Waals surface area contributed by atoms with E-state index in [0.29, 0.717) is 12.3 Å². The zero-order valence-electron chi connectivity index (χ0n) is 21.6. The molecule has 1 saturated heterocycles. The quantitative estimate of drug-likeness (QED) is 0.163. The van der Waals surface area contributed by atoms with Gasteiger partial charge in [-0.3, -0.25) is 4.79 Å². The lowest BCUT2D eigenvalue weighted by atomic mass is 9.98. The summed E-state index contributed by atoms with van der Waals surface area (Å²) in [7, 11) is 0. The van der Waals surface area contributed by atoms with Crippen molar-refractivity contribution >= 4 is 23.0 Å². The number of aromatic hydroxyl groups is 3. The van der Waals surface area contributed by atoms with Gasteiger partial charge in [0.1, 0.15) is 22.9 Å². The first-order valence-corrected chi connectivity index (χ1v) is 12.3. The number of epoxide rings is 1. The van der Waals surface area contributed by atoms with Gasteiger partial charge in [-0.05, 0) is 59.6 Å². The largest absolute Gasteiger partial charge is 0.508 e. The molecule has 36 heavy (non-hydrogen) atoms. The Labute approximate surface area is 212 Å². The molecule has 8 nitrogen and oxygen atoms in total. The average molecular weight is 497 g/mol. The molecule has 0 spiro atoms. The highest BCUT2D eigenvalue weighted by Gasteiger charge is 2.51. The fraction of sp³-hybridized carbons (Fsp3) is 0.464. The van der Waals surface area contributed by atoms with E-state index in [-0.39, 0.29) is 63.9 Å². The Balaban J connectivity index is 1.46. The molecule has 2 aliphatic heterocycles. The third-order valence-electron chi connectivity index (χ3n) is 6.73. The van der Waals surface area contributed by atoms with Gasteiger partial charge in [-0.1, -0.05) is 17.7 Å². The van der Waals surface area contributed by atoms with Crippen molar-refractivity contribution in [2.75, 3.05) is 23.4 Å². The number of fused-ring (bicyclic) bond motifs is 2. The normalized spacial score (nSPS) is 21.5. The lowest BCUT2D eigenvalue weighted by molar-refractivity contribution is -0.0106. The first kappa shape index (κ1) is 25.9. The Morgan fingerprint density at radius 3 is 2.67 bits per heavy atom. The first-order valence-electron chi connectivity index (χ1n) is 12.3. The van der Waals surface area contributed by atoms with E-state index in [4.69, 9.17) is 9.47 Å². The number of nitrogens with zero attached hydrogens (tertiary/aromatic N) is 1. The molecule has 1 amide bonds. The number of rotatable bonds is 8. The molecule has 2 heterocycles. The number of allylic oxidation sites excluding steroid dienone is 1. The van der Waals surface area contributed by atoms with Crippen molar-refractivity contribution in [2.24, 2.45) is 0 Å². The van der Waals surface area contributed by atoms with Gasteiger partial charge in [0.2, 0.25) is 0 Å². The smallest absolute Gasteiger partial charge is 0.260 e. The van der Waals surface area contributed by atoms with Gasteiger partial charge in [-0.15, -0.1) is 0 Å². The van der Waals surface area contributed by atoms with Crippen molar-refractivity contribution in [3.8, 4) is 17.2 Å². The fourth-order valence-electron chi connectivity index (χ4n) is 4.49. The molecule has 194 valence electrons. The Hall–Kier alpha value is -3.23. The number of hydrogen-bond acceptors (Lipinski definition) is 7. The molecular formula is C28H36N2O6. The van der Waals surface area contributed by atoms with Crippen LogP contribution in [-0.4, -0.2) is 51.7 Å². The van der Waals surface area contributed by atoms with Gasteiger partial charge in [0, 0.05) is 25.1 Å². The van der Waals surface area contributed by atoms with E-state index in [2.05, 4.69) is 12.2 Å². The minimum atomic E-state index is -0.349. The molecule has 0 aromatic heterocycles. The van der Waals surface area contributed by atoms with E-state index in [0.717, 1.165) is 24.8 Å². The topological polar surface area (TPSA) is 115 Å². The predicted octanol–water partition coefficient (Wildman–Crippen LogP) is 5.60. The fourth-order valence-corrected chi connectivity index (χ4v) is 4.49. The summed E-state index contributed by atoms with van der Waals surface area (Å²) in [5, 5.41) is 33.9. The second kappa shape index (κ2) is 9.67. The van der Waals surface area contributed by atoms with Crippen molar-refractivity contribution in [1.82, 2.24) is 0 Å². The highest BCUT2D eigenvalue weighted by molar-refractivity contribution is 6.15. The third kappa shape index (κ3) is 5.60. The summed E-state index contributed by atoms with van der Waals surface area (Å²) in [5.41, 5.74) is 1.85. The Morgan fingerprint density at radius 2 is 1.94 bits per heavy atom. The molecule has 4 rings (SSSR count). The van der Waals surface area contributed by atoms with Crippen molar-refractivity contribution < 1.29 is 29.6 Å². The van der Waals surface area contributed by atoms with E-state index >= 15 is 0 Å². The van der Waals surface area contributed by atoms with Crippen molar-refractivity contribution in [2.45, 2.75) is 71.2 Å². The molecule has 1 fully saturated rings. The molecule has 2 atom stereocenters. The minimum absolute atomic E-state index is 0.103. The lowest BCUT2D eigenvalue weighted by Crippen LogP contribution is -2.30. The van der Waals surface area contributed by atoms with Crippen molar-refractivity contribution in [3.63, 3.8) is 0 Å². The maximum Gasteiger partial charge on any atom is 0.260 e. The summed E-state index contributed by atoms with van der Waals surface area (Å²) in [6.07, 6.45) is 4.69. The van der Waals surface area contributed by atoms with Crippen LogP contribution in [0, 0.1) is 0 Å². The number of phenolic OH excluding ortho intramolecular Hbond substituents is 3. The van der Waals surface area contributed by atoms with Crippen molar-refractivity contribution in [3.05, 3.63) is 47.5 Å². The second-order valence-electron chi connectivity index (χ2n) is 10.8. The zero-order chi connectivity index (χ0) is 26.3. The van der Waals surface area contributed by atoms with E-state index in [1.807, 2.05) is 33.8 Å². The summed E-state index contributed by atoms with van der Waals surface area (Å²) in [5.74, 6) is -0.839. The summed E-state index contributed by atoms with van der Waals surface area (Å²) < 4.78 is 11.8. The molecule has 0 bridgehead atoms. The number of carbonyl (C=O) groups excluding carboxylic acids is 1. The van der Waals surface area contributed by atoms with Gasteiger partial charge in [0.05, 0.1) is 40.9 Å². The summed E-state index contributed by atoms with van der Waals surface area (Å²) >= 11 is 0. The molecule has 2 aromatic carbocycles. The molecule has 4 N–H and O–H groups in total. The minimum Gasteiger partial charge on any atom is -0.508 e. The molecular weight excluding hydrogens is 460 g/mol. The summed E-state index contributed by atoms with van der Waals surface area (Å²) in [6.45, 7) is 11.2. The maximum atomic E-state index is 13.5. The number of amides is 1. The highest BCUT2D eigenvalue weighted by Crippen LogP contribution is 2.46. The number of hydrogen-bond donors (Lipinski definition) is 4. The molecule has 2 aliphatic rings. The summed E-state index contributed by atoms with van der Waals surface area (Å²) in [6, 6.07) is 7.30. The summed E-state index contributed by atoms with van der Waals surface area (Å²) in [4.78, 5) is 15.0. The van der Waals surface area contributed by atoms with E-state index in [1.54, 1.807) is 12.1 Å². The SMILES string of the molecule is C/C(=C\CN1C(=O)c2cccc(O)c2Nc2c(O)cc(O)cc21)CCC1OC1(C)CCOC(C)(C)C. The maximum absolute atomic E-state index is 13.5. The molecule has 8 heteroatoms. The monoisotopic (exact) mass is 496 g/mol. The highest BCUT2D eigenvalue weighted by atomic mass is 16.6. The zero-order valence-corrected chi connectivity index (χ0v) is 21.6. The van der Waals surface area contributed by atoms with Gasteiger partial charge >= 0.3 is 0 Å². The van der Waals surface area contributed by atoms with Crippen LogP contribution in [0.1, 0.15) is 64.2 Å². The number of carbonyl (C=O) groups is 1. The van der Waals surface area contributed by atoms with E-state index in [9.17, 15) is 20.1 Å². The number of para-hydroxylation sites is 1.